The lowest BCUT2D eigenvalue weighted by Crippen LogP contribution is -2.24. The molecule has 28 heavy (non-hydrogen) atoms. The molecular formula is C20H22F4N4. The summed E-state index contributed by atoms with van der Waals surface area (Å²) in [6.07, 6.45) is 2.84. The first-order valence-electron chi connectivity index (χ1n) is 9.68. The molecule has 4 rings (SSSR count). The van der Waals surface area contributed by atoms with Gasteiger partial charge >= 0.3 is 6.18 Å². The summed E-state index contributed by atoms with van der Waals surface area (Å²) < 4.78 is 54.0. The van der Waals surface area contributed by atoms with Crippen molar-refractivity contribution in [3.8, 4) is 0 Å². The molecule has 1 aromatic carbocycles. The Hall–Kier alpha value is -2.38. The van der Waals surface area contributed by atoms with Crippen LogP contribution in [0.1, 0.15) is 62.1 Å². The van der Waals surface area contributed by atoms with Crippen molar-refractivity contribution in [1.29, 1.82) is 0 Å². The van der Waals surface area contributed by atoms with E-state index in [9.17, 15) is 17.6 Å². The molecular weight excluding hydrogens is 372 g/mol. The summed E-state index contributed by atoms with van der Waals surface area (Å²) in [5, 5.41) is 5.87. The molecule has 2 N–H and O–H groups in total. The van der Waals surface area contributed by atoms with Gasteiger partial charge in [0.25, 0.3) is 0 Å². The largest absolute Gasteiger partial charge is 0.418 e. The van der Waals surface area contributed by atoms with E-state index >= 15 is 0 Å². The zero-order valence-electron chi connectivity index (χ0n) is 15.3. The van der Waals surface area contributed by atoms with Crippen LogP contribution in [0.3, 0.4) is 0 Å². The topological polar surface area (TPSA) is 49.8 Å². The van der Waals surface area contributed by atoms with E-state index in [4.69, 9.17) is 0 Å². The lowest BCUT2D eigenvalue weighted by molar-refractivity contribution is -0.137. The number of anilines is 3. The summed E-state index contributed by atoms with van der Waals surface area (Å²) in [7, 11) is 0. The van der Waals surface area contributed by atoms with Gasteiger partial charge in [0, 0.05) is 18.0 Å². The second-order valence-electron chi connectivity index (χ2n) is 7.54. The van der Waals surface area contributed by atoms with Crippen molar-refractivity contribution in [2.24, 2.45) is 0 Å². The van der Waals surface area contributed by atoms with Crippen LogP contribution in [0.5, 0.6) is 0 Å². The molecule has 8 heteroatoms. The van der Waals surface area contributed by atoms with E-state index < -0.39 is 23.2 Å². The number of hydrogen-bond acceptors (Lipinski definition) is 4. The maximum absolute atomic E-state index is 14.2. The molecule has 0 bridgehead atoms. The number of hydrogen-bond donors (Lipinski definition) is 2. The highest BCUT2D eigenvalue weighted by Gasteiger charge is 2.35. The van der Waals surface area contributed by atoms with Gasteiger partial charge in [0.2, 0.25) is 5.95 Å². The zero-order valence-corrected chi connectivity index (χ0v) is 15.3. The fourth-order valence-corrected chi connectivity index (χ4v) is 3.63. The summed E-state index contributed by atoms with van der Waals surface area (Å²) >= 11 is 0. The van der Waals surface area contributed by atoms with Gasteiger partial charge in [0.15, 0.2) is 0 Å². The Kier molecular flexibility index (Phi) is 5.12. The second-order valence-corrected chi connectivity index (χ2v) is 7.54. The normalized spacial score (nSPS) is 18.1. The van der Waals surface area contributed by atoms with Crippen LogP contribution in [0.4, 0.5) is 35.0 Å². The van der Waals surface area contributed by atoms with E-state index in [0.29, 0.717) is 5.95 Å². The highest BCUT2D eigenvalue weighted by Crippen LogP contribution is 2.41. The van der Waals surface area contributed by atoms with Crippen LogP contribution in [-0.4, -0.2) is 16.0 Å². The maximum Gasteiger partial charge on any atom is 0.418 e. The molecule has 150 valence electrons. The van der Waals surface area contributed by atoms with Gasteiger partial charge in [-0.05, 0) is 37.8 Å². The predicted octanol–water partition coefficient (Wildman–Crippen LogP) is 6.00. The fraction of sp³-hybridized carbons (Fsp3) is 0.500. The second kappa shape index (κ2) is 7.56. The lowest BCUT2D eigenvalue weighted by atomic mass is 9.96. The SMILES string of the molecule is Fc1cccc(C(F)(F)F)c1Nc1cc(C2CC2)nc(NC2CCCCC2)n1. The molecule has 0 spiro atoms. The highest BCUT2D eigenvalue weighted by atomic mass is 19.4. The molecule has 0 aliphatic heterocycles. The molecule has 4 nitrogen and oxygen atoms in total. The van der Waals surface area contributed by atoms with Crippen molar-refractivity contribution < 1.29 is 17.6 Å². The Morgan fingerprint density at radius 1 is 0.964 bits per heavy atom. The Labute approximate surface area is 160 Å². The van der Waals surface area contributed by atoms with Gasteiger partial charge in [-0.2, -0.15) is 18.2 Å². The van der Waals surface area contributed by atoms with Gasteiger partial charge in [-0.1, -0.05) is 25.3 Å². The van der Waals surface area contributed by atoms with Gasteiger partial charge < -0.3 is 10.6 Å². The third kappa shape index (κ3) is 4.36. The molecule has 0 saturated heterocycles. The van der Waals surface area contributed by atoms with E-state index in [2.05, 4.69) is 20.6 Å². The number of halogens is 4. The molecule has 2 fully saturated rings. The minimum atomic E-state index is -4.67. The minimum absolute atomic E-state index is 0.172. The van der Waals surface area contributed by atoms with Crippen LogP contribution in [0.25, 0.3) is 0 Å². The summed E-state index contributed by atoms with van der Waals surface area (Å²) in [4.78, 5) is 8.88. The molecule has 2 saturated carbocycles. The van der Waals surface area contributed by atoms with E-state index in [1.165, 1.54) is 6.42 Å². The Bertz CT molecular complexity index is 843. The molecule has 0 unspecified atom stereocenters. The molecule has 0 atom stereocenters. The van der Waals surface area contributed by atoms with Crippen LogP contribution in [-0.2, 0) is 6.18 Å². The third-order valence-corrected chi connectivity index (χ3v) is 5.25. The van der Waals surface area contributed by atoms with E-state index in [0.717, 1.165) is 62.4 Å². The number of nitrogens with one attached hydrogen (secondary N) is 2. The molecule has 2 aliphatic carbocycles. The van der Waals surface area contributed by atoms with Crippen LogP contribution >= 0.6 is 0 Å². The zero-order chi connectivity index (χ0) is 19.7. The van der Waals surface area contributed by atoms with Gasteiger partial charge in [-0.25, -0.2) is 9.37 Å². The summed E-state index contributed by atoms with van der Waals surface area (Å²) in [5.74, 6) is -0.115. The lowest BCUT2D eigenvalue weighted by Gasteiger charge is -2.23. The summed E-state index contributed by atoms with van der Waals surface area (Å²) in [6, 6.07) is 4.79. The Morgan fingerprint density at radius 3 is 2.39 bits per heavy atom. The molecule has 2 aliphatic rings. The van der Waals surface area contributed by atoms with Gasteiger partial charge in [0.05, 0.1) is 16.9 Å². The van der Waals surface area contributed by atoms with Crippen LogP contribution in [0, 0.1) is 5.82 Å². The molecule has 0 radical (unpaired) electrons. The average Bonchev–Trinajstić information content (AvgIpc) is 3.48. The first kappa shape index (κ1) is 19.0. The van der Waals surface area contributed by atoms with Crippen molar-refractivity contribution in [1.82, 2.24) is 9.97 Å². The van der Waals surface area contributed by atoms with Gasteiger partial charge in [-0.3, -0.25) is 0 Å². The molecule has 2 aromatic rings. The van der Waals surface area contributed by atoms with Crippen LogP contribution in [0.2, 0.25) is 0 Å². The van der Waals surface area contributed by atoms with Crippen LogP contribution in [0.15, 0.2) is 24.3 Å². The highest BCUT2D eigenvalue weighted by molar-refractivity contribution is 5.63. The van der Waals surface area contributed by atoms with Crippen molar-refractivity contribution >= 4 is 17.5 Å². The predicted molar refractivity (Wildman–Crippen MR) is 99.2 cm³/mol. The van der Waals surface area contributed by atoms with Crippen LogP contribution < -0.4 is 10.6 Å². The van der Waals surface area contributed by atoms with E-state index in [1.807, 2.05) is 0 Å². The number of aromatic nitrogens is 2. The number of rotatable bonds is 5. The molecule has 0 amide bonds. The summed E-state index contributed by atoms with van der Waals surface area (Å²) in [5.41, 5.74) is -0.888. The van der Waals surface area contributed by atoms with Gasteiger partial charge in [-0.15, -0.1) is 0 Å². The maximum atomic E-state index is 14.2. The summed E-state index contributed by atoms with van der Waals surface area (Å²) in [6.45, 7) is 0. The number of benzene rings is 1. The number of nitrogens with zero attached hydrogens (tertiary/aromatic N) is 2. The molecule has 1 heterocycles. The first-order chi connectivity index (χ1) is 13.4. The third-order valence-electron chi connectivity index (χ3n) is 5.25. The standard InChI is InChI=1S/C20H22F4N4/c21-15-8-4-7-14(20(22,23)24)18(15)27-17-11-16(12-9-10-12)26-19(28-17)25-13-5-2-1-3-6-13/h4,7-8,11-13H,1-3,5-6,9-10H2,(H2,25,26,27,28). The monoisotopic (exact) mass is 394 g/mol. The number of alkyl halides is 3. The van der Waals surface area contributed by atoms with Gasteiger partial charge in [0.1, 0.15) is 11.6 Å². The van der Waals surface area contributed by atoms with Crippen molar-refractivity contribution in [2.45, 2.75) is 63.1 Å². The number of para-hydroxylation sites is 1. The fourth-order valence-electron chi connectivity index (χ4n) is 3.63. The average molecular weight is 394 g/mol. The minimum Gasteiger partial charge on any atom is -0.351 e. The van der Waals surface area contributed by atoms with Crippen molar-refractivity contribution in [3.63, 3.8) is 0 Å². The van der Waals surface area contributed by atoms with Crippen molar-refractivity contribution in [2.75, 3.05) is 10.6 Å². The van der Waals surface area contributed by atoms with Crippen molar-refractivity contribution in [3.05, 3.63) is 41.3 Å². The Balaban J connectivity index is 1.64. The van der Waals surface area contributed by atoms with E-state index in [-0.39, 0.29) is 17.8 Å². The van der Waals surface area contributed by atoms with E-state index in [1.54, 1.807) is 6.07 Å². The Morgan fingerprint density at radius 2 is 1.71 bits per heavy atom. The molecule has 1 aromatic heterocycles. The quantitative estimate of drug-likeness (QED) is 0.611. The first-order valence-corrected chi connectivity index (χ1v) is 9.68. The smallest absolute Gasteiger partial charge is 0.351 e.